The van der Waals surface area contributed by atoms with E-state index >= 15 is 0 Å². The van der Waals surface area contributed by atoms with Crippen molar-refractivity contribution in [3.63, 3.8) is 0 Å². The molecule has 3 aromatic heterocycles. The molecule has 0 aromatic carbocycles. The molecule has 1 fully saturated rings. The van der Waals surface area contributed by atoms with Crippen molar-refractivity contribution >= 4 is 10.0 Å². The molecule has 1 spiro atoms. The van der Waals surface area contributed by atoms with Gasteiger partial charge in [0.15, 0.2) is 11.6 Å². The molecule has 10 nitrogen and oxygen atoms in total. The SMILES string of the molecule is O=S(=O)(c1cn[nH]c1)N1CCC2(C1)Cn1c(nnc1-c1cccnc1)CO2. The first-order chi connectivity index (χ1) is 13.1. The molecule has 0 amide bonds. The summed E-state index contributed by atoms with van der Waals surface area (Å²) in [6, 6.07) is 3.78. The van der Waals surface area contributed by atoms with Crippen LogP contribution < -0.4 is 0 Å². The molecule has 2 aliphatic rings. The van der Waals surface area contributed by atoms with Gasteiger partial charge in [-0.3, -0.25) is 10.1 Å². The number of hydrogen-bond donors (Lipinski definition) is 1. The van der Waals surface area contributed by atoms with Gasteiger partial charge in [0.1, 0.15) is 17.1 Å². The minimum Gasteiger partial charge on any atom is -0.364 e. The van der Waals surface area contributed by atoms with E-state index in [-0.39, 0.29) is 11.4 Å². The van der Waals surface area contributed by atoms with Crippen LogP contribution in [-0.2, 0) is 27.9 Å². The summed E-state index contributed by atoms with van der Waals surface area (Å²) in [5.41, 5.74) is 0.276. The lowest BCUT2D eigenvalue weighted by Gasteiger charge is -2.34. The Kier molecular flexibility index (Phi) is 3.64. The highest BCUT2D eigenvalue weighted by Crippen LogP contribution is 2.36. The Balaban J connectivity index is 1.44. The van der Waals surface area contributed by atoms with Crippen LogP contribution in [0.5, 0.6) is 0 Å². The molecule has 1 unspecified atom stereocenters. The van der Waals surface area contributed by atoms with Crippen molar-refractivity contribution in [1.29, 1.82) is 0 Å². The molecule has 1 N–H and O–H groups in total. The monoisotopic (exact) mass is 387 g/mol. The van der Waals surface area contributed by atoms with Crippen LogP contribution >= 0.6 is 0 Å². The second kappa shape index (κ2) is 5.94. The predicted octanol–water partition coefficient (Wildman–Crippen LogP) is 0.427. The highest BCUT2D eigenvalue weighted by atomic mass is 32.2. The highest BCUT2D eigenvalue weighted by Gasteiger charge is 2.47. The van der Waals surface area contributed by atoms with Gasteiger partial charge >= 0.3 is 0 Å². The lowest BCUT2D eigenvalue weighted by Crippen LogP contribution is -2.45. The maximum atomic E-state index is 12.8. The Morgan fingerprint density at radius 1 is 1.22 bits per heavy atom. The smallest absolute Gasteiger partial charge is 0.246 e. The van der Waals surface area contributed by atoms with E-state index in [0.29, 0.717) is 26.1 Å². The van der Waals surface area contributed by atoms with Gasteiger partial charge in [-0.15, -0.1) is 10.2 Å². The van der Waals surface area contributed by atoms with E-state index in [1.165, 1.54) is 16.7 Å². The molecule has 0 aliphatic carbocycles. The topological polar surface area (TPSA) is 119 Å². The van der Waals surface area contributed by atoms with E-state index < -0.39 is 15.6 Å². The van der Waals surface area contributed by atoms with Crippen LogP contribution in [0.25, 0.3) is 11.4 Å². The maximum Gasteiger partial charge on any atom is 0.246 e. The molecule has 27 heavy (non-hydrogen) atoms. The van der Waals surface area contributed by atoms with Crippen LogP contribution in [0.15, 0.2) is 41.8 Å². The third-order valence-corrected chi connectivity index (χ3v) is 6.90. The Bertz CT molecular complexity index is 1060. The summed E-state index contributed by atoms with van der Waals surface area (Å²) in [6.45, 7) is 1.47. The van der Waals surface area contributed by atoms with Gasteiger partial charge in [0.25, 0.3) is 0 Å². The van der Waals surface area contributed by atoms with Crippen molar-refractivity contribution in [2.45, 2.75) is 30.1 Å². The Labute approximate surface area is 155 Å². The minimum atomic E-state index is -3.59. The fourth-order valence-electron chi connectivity index (χ4n) is 3.66. The van der Waals surface area contributed by atoms with Crippen LogP contribution in [-0.4, -0.2) is 61.4 Å². The number of ether oxygens (including phenoxy) is 1. The summed E-state index contributed by atoms with van der Waals surface area (Å²) in [5.74, 6) is 1.45. The van der Waals surface area contributed by atoms with Gasteiger partial charge in [-0.2, -0.15) is 9.40 Å². The largest absolute Gasteiger partial charge is 0.364 e. The number of rotatable bonds is 3. The van der Waals surface area contributed by atoms with Gasteiger partial charge in [-0.1, -0.05) is 0 Å². The van der Waals surface area contributed by atoms with Crippen LogP contribution in [0.2, 0.25) is 0 Å². The number of nitrogens with zero attached hydrogens (tertiary/aromatic N) is 6. The molecule has 140 valence electrons. The Morgan fingerprint density at radius 3 is 2.93 bits per heavy atom. The Morgan fingerprint density at radius 2 is 2.15 bits per heavy atom. The molecule has 1 atom stereocenters. The minimum absolute atomic E-state index is 0.163. The molecule has 0 radical (unpaired) electrons. The van der Waals surface area contributed by atoms with Crippen molar-refractivity contribution in [1.82, 2.24) is 34.3 Å². The lowest BCUT2D eigenvalue weighted by molar-refractivity contribution is -0.0789. The fourth-order valence-corrected chi connectivity index (χ4v) is 5.08. The fraction of sp³-hybridized carbons (Fsp3) is 0.375. The van der Waals surface area contributed by atoms with Crippen molar-refractivity contribution in [2.75, 3.05) is 13.1 Å². The first-order valence-electron chi connectivity index (χ1n) is 8.53. The summed E-state index contributed by atoms with van der Waals surface area (Å²) >= 11 is 0. The van der Waals surface area contributed by atoms with E-state index in [2.05, 4.69) is 25.4 Å². The van der Waals surface area contributed by atoms with E-state index in [0.717, 1.165) is 17.2 Å². The molecule has 5 rings (SSSR count). The summed E-state index contributed by atoms with van der Waals surface area (Å²) in [7, 11) is -3.59. The van der Waals surface area contributed by atoms with Crippen LogP contribution in [0.1, 0.15) is 12.2 Å². The number of aromatic amines is 1. The molecule has 2 aliphatic heterocycles. The van der Waals surface area contributed by atoms with Crippen molar-refractivity contribution in [3.8, 4) is 11.4 Å². The van der Waals surface area contributed by atoms with Crippen LogP contribution in [0.3, 0.4) is 0 Å². The molecule has 5 heterocycles. The predicted molar refractivity (Wildman–Crippen MR) is 92.7 cm³/mol. The number of hydrogen-bond acceptors (Lipinski definition) is 7. The standard InChI is InChI=1S/C16H17N7O3S/c24-27(25,13-7-18-19-8-13)22-5-3-16(10-22)11-23-14(9-26-16)20-21-15(23)12-2-1-4-17-6-12/h1-2,4,6-8H,3,5,9-11H2,(H,18,19). The van der Waals surface area contributed by atoms with Gasteiger partial charge in [-0.05, 0) is 18.6 Å². The molecular formula is C16H17N7O3S. The van der Waals surface area contributed by atoms with E-state index in [4.69, 9.17) is 4.74 Å². The van der Waals surface area contributed by atoms with E-state index in [9.17, 15) is 8.42 Å². The average Bonchev–Trinajstić information content (AvgIpc) is 3.43. The number of H-pyrrole nitrogens is 1. The zero-order chi connectivity index (χ0) is 18.5. The maximum absolute atomic E-state index is 12.8. The zero-order valence-electron chi connectivity index (χ0n) is 14.3. The molecule has 3 aromatic rings. The van der Waals surface area contributed by atoms with Gasteiger partial charge in [-0.25, -0.2) is 8.42 Å². The van der Waals surface area contributed by atoms with E-state index in [1.54, 1.807) is 12.4 Å². The third kappa shape index (κ3) is 2.66. The Hall–Kier alpha value is -2.63. The first kappa shape index (κ1) is 16.5. The average molecular weight is 387 g/mol. The third-order valence-electron chi connectivity index (χ3n) is 5.09. The van der Waals surface area contributed by atoms with Gasteiger partial charge in [0, 0.05) is 37.2 Å². The van der Waals surface area contributed by atoms with Gasteiger partial charge < -0.3 is 9.30 Å². The molecule has 0 bridgehead atoms. The summed E-state index contributed by atoms with van der Waals surface area (Å²) < 4.78 is 35.1. The van der Waals surface area contributed by atoms with E-state index in [1.807, 2.05) is 16.7 Å². The number of fused-ring (bicyclic) bond motifs is 1. The second-order valence-electron chi connectivity index (χ2n) is 6.76. The first-order valence-corrected chi connectivity index (χ1v) is 9.97. The van der Waals surface area contributed by atoms with Crippen molar-refractivity contribution < 1.29 is 13.2 Å². The van der Waals surface area contributed by atoms with Crippen molar-refractivity contribution in [3.05, 3.63) is 42.7 Å². The van der Waals surface area contributed by atoms with Crippen LogP contribution in [0, 0.1) is 0 Å². The lowest BCUT2D eigenvalue weighted by atomic mass is 10.0. The quantitative estimate of drug-likeness (QED) is 0.692. The molecule has 0 saturated carbocycles. The van der Waals surface area contributed by atoms with Gasteiger partial charge in [0.05, 0.1) is 12.7 Å². The zero-order valence-corrected chi connectivity index (χ0v) is 15.1. The normalized spacial score (nSPS) is 23.0. The summed E-state index contributed by atoms with van der Waals surface area (Å²) in [5, 5.41) is 14.8. The summed E-state index contributed by atoms with van der Waals surface area (Å²) in [4.78, 5) is 4.31. The second-order valence-corrected chi connectivity index (χ2v) is 8.70. The molecule has 11 heteroatoms. The number of aromatic nitrogens is 6. The number of sulfonamides is 1. The molecular weight excluding hydrogens is 370 g/mol. The van der Waals surface area contributed by atoms with Crippen LogP contribution in [0.4, 0.5) is 0 Å². The number of pyridine rings is 1. The van der Waals surface area contributed by atoms with Crippen molar-refractivity contribution in [2.24, 2.45) is 0 Å². The highest BCUT2D eigenvalue weighted by molar-refractivity contribution is 7.89. The molecule has 1 saturated heterocycles. The number of nitrogens with one attached hydrogen (secondary N) is 1. The summed E-state index contributed by atoms with van der Waals surface area (Å²) in [6.07, 6.45) is 6.76. The van der Waals surface area contributed by atoms with Gasteiger partial charge in [0.2, 0.25) is 10.0 Å².